The molecule has 7 nitrogen and oxygen atoms in total. The van der Waals surface area contributed by atoms with E-state index in [4.69, 9.17) is 4.74 Å². The Morgan fingerprint density at radius 2 is 1.55 bits per heavy atom. The molecule has 1 atom stereocenters. The highest BCUT2D eigenvalue weighted by molar-refractivity contribution is 8.00. The van der Waals surface area contributed by atoms with Crippen molar-refractivity contribution in [3.05, 3.63) is 126 Å². The van der Waals surface area contributed by atoms with Crippen LogP contribution in [-0.4, -0.2) is 29.6 Å². The minimum Gasteiger partial charge on any atom is -0.494 e. The first-order valence-electron chi connectivity index (χ1n) is 13.6. The molecular weight excluding hydrogens is 546 g/mol. The molecule has 4 aromatic carbocycles. The summed E-state index contributed by atoms with van der Waals surface area (Å²) in [6, 6.07) is 30.8. The van der Waals surface area contributed by atoms with Gasteiger partial charge in [0, 0.05) is 21.8 Å². The Balaban J connectivity index is 1.44. The lowest BCUT2D eigenvalue weighted by atomic mass is 10.1. The first kappa shape index (κ1) is 30.1. The van der Waals surface area contributed by atoms with Crippen molar-refractivity contribution in [1.29, 1.82) is 0 Å². The SMILES string of the molecule is CCOc1ccc(/C=C(\NC(=O)c2ccccc2)C(=O)Nc2ccc(SC(C)C(=O)Nc3cccc(C)c3)cc2)cc1. The van der Waals surface area contributed by atoms with E-state index in [9.17, 15) is 14.4 Å². The predicted octanol–water partition coefficient (Wildman–Crippen LogP) is 6.92. The third-order valence-electron chi connectivity index (χ3n) is 6.11. The Morgan fingerprint density at radius 1 is 0.833 bits per heavy atom. The van der Waals surface area contributed by atoms with Crippen LogP contribution in [-0.2, 0) is 9.59 Å². The van der Waals surface area contributed by atoms with Crippen molar-refractivity contribution in [1.82, 2.24) is 5.32 Å². The molecule has 0 bridgehead atoms. The van der Waals surface area contributed by atoms with Gasteiger partial charge in [0.05, 0.1) is 11.9 Å². The summed E-state index contributed by atoms with van der Waals surface area (Å²) in [4.78, 5) is 39.8. The number of ether oxygens (including phenoxy) is 1. The van der Waals surface area contributed by atoms with Gasteiger partial charge in [0.1, 0.15) is 11.4 Å². The summed E-state index contributed by atoms with van der Waals surface area (Å²) in [5.74, 6) is -0.248. The van der Waals surface area contributed by atoms with E-state index in [0.29, 0.717) is 23.6 Å². The largest absolute Gasteiger partial charge is 0.494 e. The van der Waals surface area contributed by atoms with Crippen LogP contribution in [0.1, 0.15) is 35.3 Å². The van der Waals surface area contributed by atoms with Gasteiger partial charge < -0.3 is 20.7 Å². The number of carbonyl (C=O) groups is 3. The van der Waals surface area contributed by atoms with Crippen LogP contribution in [0.15, 0.2) is 114 Å². The number of hydrogen-bond donors (Lipinski definition) is 3. The minimum atomic E-state index is -0.473. The molecule has 0 fully saturated rings. The molecule has 0 aliphatic heterocycles. The number of thioether (sulfide) groups is 1. The van der Waals surface area contributed by atoms with Crippen molar-refractivity contribution in [3.8, 4) is 5.75 Å². The second-order valence-electron chi connectivity index (χ2n) is 9.48. The second-order valence-corrected chi connectivity index (χ2v) is 10.9. The Morgan fingerprint density at radius 3 is 2.21 bits per heavy atom. The molecule has 1 unspecified atom stereocenters. The molecule has 0 aromatic heterocycles. The van der Waals surface area contributed by atoms with Crippen molar-refractivity contribution in [3.63, 3.8) is 0 Å². The normalized spacial score (nSPS) is 11.7. The first-order valence-corrected chi connectivity index (χ1v) is 14.4. The van der Waals surface area contributed by atoms with Gasteiger partial charge in [-0.05, 0) is 98.6 Å². The maximum atomic E-state index is 13.3. The standard InChI is InChI=1S/C34H33N3O4S/c1-4-41-29-17-13-25(14-18-29)22-31(37-33(39)26-10-6-5-7-11-26)34(40)35-27-15-19-30(20-16-27)42-24(3)32(38)36-28-12-8-9-23(2)21-28/h5-22,24H,4H2,1-3H3,(H,35,40)(H,36,38)(H,37,39)/b31-22-. The summed E-state index contributed by atoms with van der Waals surface area (Å²) in [6.07, 6.45) is 1.62. The molecule has 3 amide bonds. The highest BCUT2D eigenvalue weighted by atomic mass is 32.2. The van der Waals surface area contributed by atoms with Crippen molar-refractivity contribution in [2.24, 2.45) is 0 Å². The van der Waals surface area contributed by atoms with E-state index in [0.717, 1.165) is 21.7 Å². The Bertz CT molecular complexity index is 1550. The zero-order valence-electron chi connectivity index (χ0n) is 23.7. The van der Waals surface area contributed by atoms with Crippen LogP contribution in [0, 0.1) is 6.92 Å². The highest BCUT2D eigenvalue weighted by Gasteiger charge is 2.17. The Hall–Kier alpha value is -4.82. The number of hydrogen-bond acceptors (Lipinski definition) is 5. The zero-order valence-corrected chi connectivity index (χ0v) is 24.5. The Labute approximate surface area is 250 Å². The quantitative estimate of drug-likeness (QED) is 0.132. The van der Waals surface area contributed by atoms with Gasteiger partial charge in [0.15, 0.2) is 0 Å². The third-order valence-corrected chi connectivity index (χ3v) is 7.22. The molecule has 8 heteroatoms. The van der Waals surface area contributed by atoms with Crippen LogP contribution < -0.4 is 20.7 Å². The molecule has 0 aliphatic carbocycles. The zero-order chi connectivity index (χ0) is 29.9. The Kier molecular flexibility index (Phi) is 10.6. The second kappa shape index (κ2) is 14.7. The third kappa shape index (κ3) is 8.84. The lowest BCUT2D eigenvalue weighted by Gasteiger charge is -2.14. The van der Waals surface area contributed by atoms with Gasteiger partial charge in [-0.15, -0.1) is 11.8 Å². The van der Waals surface area contributed by atoms with Crippen molar-refractivity contribution >= 4 is 46.9 Å². The van der Waals surface area contributed by atoms with E-state index in [1.165, 1.54) is 11.8 Å². The summed E-state index contributed by atoms with van der Waals surface area (Å²) >= 11 is 1.42. The number of anilines is 2. The number of aryl methyl sites for hydroxylation is 1. The fourth-order valence-corrected chi connectivity index (χ4v) is 4.84. The number of nitrogens with one attached hydrogen (secondary N) is 3. The van der Waals surface area contributed by atoms with Crippen molar-refractivity contribution < 1.29 is 19.1 Å². The molecule has 4 aromatic rings. The van der Waals surface area contributed by atoms with Crippen LogP contribution >= 0.6 is 11.8 Å². The molecule has 0 heterocycles. The molecule has 0 radical (unpaired) electrons. The summed E-state index contributed by atoms with van der Waals surface area (Å²) in [6.45, 7) is 6.28. The van der Waals surface area contributed by atoms with Gasteiger partial charge >= 0.3 is 0 Å². The van der Waals surface area contributed by atoms with Gasteiger partial charge in [-0.2, -0.15) is 0 Å². The number of rotatable bonds is 11. The smallest absolute Gasteiger partial charge is 0.272 e. The van der Waals surface area contributed by atoms with Gasteiger partial charge in [-0.1, -0.05) is 42.5 Å². The van der Waals surface area contributed by atoms with Gasteiger partial charge in [0.25, 0.3) is 11.8 Å². The fourth-order valence-electron chi connectivity index (χ4n) is 3.98. The molecule has 0 spiro atoms. The molecule has 42 heavy (non-hydrogen) atoms. The van der Waals surface area contributed by atoms with Crippen LogP contribution in [0.4, 0.5) is 11.4 Å². The molecule has 0 aliphatic rings. The minimum absolute atomic E-state index is 0.0907. The van der Waals surface area contributed by atoms with Crippen LogP contribution in [0.25, 0.3) is 6.08 Å². The van der Waals surface area contributed by atoms with Crippen molar-refractivity contribution in [2.45, 2.75) is 30.9 Å². The van der Waals surface area contributed by atoms with Crippen molar-refractivity contribution in [2.75, 3.05) is 17.2 Å². The number of benzene rings is 4. The van der Waals surface area contributed by atoms with E-state index >= 15 is 0 Å². The number of carbonyl (C=O) groups excluding carboxylic acids is 3. The van der Waals surface area contributed by atoms with Crippen LogP contribution in [0.3, 0.4) is 0 Å². The van der Waals surface area contributed by atoms with E-state index in [2.05, 4.69) is 16.0 Å². The lowest BCUT2D eigenvalue weighted by Crippen LogP contribution is -2.30. The average molecular weight is 580 g/mol. The van der Waals surface area contributed by atoms with Gasteiger partial charge in [-0.3, -0.25) is 14.4 Å². The predicted molar refractivity (Wildman–Crippen MR) is 170 cm³/mol. The van der Waals surface area contributed by atoms with Crippen LogP contribution in [0.5, 0.6) is 5.75 Å². The van der Waals surface area contributed by atoms with Crippen LogP contribution in [0.2, 0.25) is 0 Å². The summed E-state index contributed by atoms with van der Waals surface area (Å²) in [5, 5.41) is 8.22. The topological polar surface area (TPSA) is 96.5 Å². The number of amides is 3. The lowest BCUT2D eigenvalue weighted by molar-refractivity contribution is -0.115. The fraction of sp³-hybridized carbons (Fsp3) is 0.147. The molecular formula is C34H33N3O4S. The average Bonchev–Trinajstić information content (AvgIpc) is 2.99. The molecule has 3 N–H and O–H groups in total. The summed E-state index contributed by atoms with van der Waals surface area (Å²) in [7, 11) is 0. The molecule has 0 saturated heterocycles. The summed E-state index contributed by atoms with van der Waals surface area (Å²) < 4.78 is 5.50. The monoisotopic (exact) mass is 579 g/mol. The maximum Gasteiger partial charge on any atom is 0.272 e. The molecule has 0 saturated carbocycles. The van der Waals surface area contributed by atoms with E-state index < -0.39 is 11.8 Å². The van der Waals surface area contributed by atoms with E-state index in [-0.39, 0.29) is 16.9 Å². The molecule has 214 valence electrons. The van der Waals surface area contributed by atoms with E-state index in [1.54, 1.807) is 42.5 Å². The highest BCUT2D eigenvalue weighted by Crippen LogP contribution is 2.26. The maximum absolute atomic E-state index is 13.3. The van der Waals surface area contributed by atoms with Gasteiger partial charge in [0.2, 0.25) is 5.91 Å². The molecule has 4 rings (SSSR count). The van der Waals surface area contributed by atoms with Gasteiger partial charge in [-0.25, -0.2) is 0 Å². The summed E-state index contributed by atoms with van der Waals surface area (Å²) in [5.41, 5.74) is 3.63. The first-order chi connectivity index (χ1) is 20.3. The van der Waals surface area contributed by atoms with E-state index in [1.807, 2.05) is 87.5 Å².